The van der Waals surface area contributed by atoms with Crippen molar-refractivity contribution in [1.82, 2.24) is 15.8 Å². The third kappa shape index (κ3) is 1.12. The van der Waals surface area contributed by atoms with Crippen LogP contribution in [-0.2, 0) is 4.79 Å². The zero-order valence-electron chi connectivity index (χ0n) is 6.34. The molecule has 0 aromatic carbocycles. The molecular weight excluding hydrogens is 148 g/mol. The Kier molecular flexibility index (Phi) is 1.48. The summed E-state index contributed by atoms with van der Waals surface area (Å²) in [5.41, 5.74) is 6.44. The van der Waals surface area contributed by atoms with E-state index in [1.807, 2.05) is 0 Å². The van der Waals surface area contributed by atoms with Gasteiger partial charge in [0.05, 0.1) is 0 Å². The molecule has 62 valence electrons. The van der Waals surface area contributed by atoms with E-state index in [0.717, 1.165) is 0 Å². The summed E-state index contributed by atoms with van der Waals surface area (Å²) in [4.78, 5) is 21.6. The van der Waals surface area contributed by atoms with Crippen LogP contribution in [0.15, 0.2) is 0 Å². The summed E-state index contributed by atoms with van der Waals surface area (Å²) < 4.78 is 0. The summed E-state index contributed by atoms with van der Waals surface area (Å²) in [6, 6.07) is -0.369. The van der Waals surface area contributed by atoms with Crippen LogP contribution >= 0.6 is 0 Å². The van der Waals surface area contributed by atoms with Crippen LogP contribution in [0.25, 0.3) is 0 Å². The summed E-state index contributed by atoms with van der Waals surface area (Å²) >= 11 is 0. The Morgan fingerprint density at radius 1 is 1.73 bits per heavy atom. The number of carbonyl (C=O) groups is 2. The average molecular weight is 158 g/mol. The fourth-order valence-corrected chi connectivity index (χ4v) is 0.829. The number of rotatable bonds is 1. The number of hydrazine groups is 1. The van der Waals surface area contributed by atoms with E-state index in [9.17, 15) is 9.59 Å². The van der Waals surface area contributed by atoms with Crippen molar-refractivity contribution < 1.29 is 9.59 Å². The number of primary amides is 1. The molecule has 4 N–H and O–H groups in total. The molecule has 0 bridgehead atoms. The van der Waals surface area contributed by atoms with Gasteiger partial charge in [-0.15, -0.1) is 0 Å². The van der Waals surface area contributed by atoms with Crippen molar-refractivity contribution in [2.75, 3.05) is 7.05 Å². The van der Waals surface area contributed by atoms with Crippen LogP contribution in [0, 0.1) is 0 Å². The van der Waals surface area contributed by atoms with E-state index in [2.05, 4.69) is 10.7 Å². The smallest absolute Gasteiger partial charge is 0.333 e. The number of amides is 3. The third-order valence-corrected chi connectivity index (χ3v) is 1.55. The van der Waals surface area contributed by atoms with E-state index in [4.69, 9.17) is 5.73 Å². The molecule has 1 aliphatic heterocycles. The highest BCUT2D eigenvalue weighted by atomic mass is 16.2. The van der Waals surface area contributed by atoms with Gasteiger partial charge in [0, 0.05) is 7.05 Å². The summed E-state index contributed by atoms with van der Waals surface area (Å²) in [5, 5.41) is 3.55. The summed E-state index contributed by atoms with van der Waals surface area (Å²) in [5.74, 6) is -0.616. The van der Waals surface area contributed by atoms with Gasteiger partial charge in [0.15, 0.2) is 5.66 Å². The second-order valence-corrected chi connectivity index (χ2v) is 2.59. The van der Waals surface area contributed by atoms with Gasteiger partial charge in [0.1, 0.15) is 0 Å². The molecule has 1 aliphatic rings. The minimum atomic E-state index is -1.15. The fraction of sp³-hybridized carbons (Fsp3) is 0.600. The quantitative estimate of drug-likeness (QED) is 0.427. The standard InChI is InChI=1S/C5H10N4O2/c1-5(3(6)10)7-4(11)9(2)8-5/h8H,1-2H3,(H2,6,10)(H,7,11). The number of hydrogen-bond acceptors (Lipinski definition) is 3. The van der Waals surface area contributed by atoms with E-state index in [1.54, 1.807) is 0 Å². The molecule has 1 saturated heterocycles. The van der Waals surface area contributed by atoms with Crippen LogP contribution in [-0.4, -0.2) is 29.7 Å². The minimum Gasteiger partial charge on any atom is -0.366 e. The zero-order chi connectivity index (χ0) is 8.65. The largest absolute Gasteiger partial charge is 0.366 e. The van der Waals surface area contributed by atoms with Gasteiger partial charge in [-0.05, 0) is 6.92 Å². The second-order valence-electron chi connectivity index (χ2n) is 2.59. The van der Waals surface area contributed by atoms with Gasteiger partial charge in [-0.25, -0.2) is 4.79 Å². The normalized spacial score (nSPS) is 30.4. The maximum atomic E-state index is 10.8. The highest BCUT2D eigenvalue weighted by Crippen LogP contribution is 2.05. The summed E-state index contributed by atoms with van der Waals surface area (Å²) in [6.45, 7) is 1.50. The highest BCUT2D eigenvalue weighted by Gasteiger charge is 2.41. The summed E-state index contributed by atoms with van der Waals surface area (Å²) in [6.07, 6.45) is 0. The van der Waals surface area contributed by atoms with Gasteiger partial charge in [0.25, 0.3) is 5.91 Å². The molecule has 1 fully saturated rings. The molecular formula is C5H10N4O2. The first kappa shape index (κ1) is 7.80. The monoisotopic (exact) mass is 158 g/mol. The first-order chi connectivity index (χ1) is 4.96. The number of nitrogens with two attached hydrogens (primary N) is 1. The lowest BCUT2D eigenvalue weighted by Crippen LogP contribution is -2.57. The lowest BCUT2D eigenvalue weighted by molar-refractivity contribution is -0.124. The molecule has 1 unspecified atom stereocenters. The van der Waals surface area contributed by atoms with E-state index >= 15 is 0 Å². The Labute approximate surface area is 63.7 Å². The second kappa shape index (κ2) is 2.09. The molecule has 3 amide bonds. The van der Waals surface area contributed by atoms with Crippen LogP contribution < -0.4 is 16.5 Å². The number of nitrogens with zero attached hydrogens (tertiary/aromatic N) is 1. The van der Waals surface area contributed by atoms with Gasteiger partial charge in [-0.1, -0.05) is 0 Å². The van der Waals surface area contributed by atoms with Crippen molar-refractivity contribution in [3.63, 3.8) is 0 Å². The van der Waals surface area contributed by atoms with Gasteiger partial charge in [0.2, 0.25) is 0 Å². The molecule has 1 rings (SSSR count). The van der Waals surface area contributed by atoms with Gasteiger partial charge in [-0.3, -0.25) is 9.80 Å². The van der Waals surface area contributed by atoms with Gasteiger partial charge < -0.3 is 11.1 Å². The maximum Gasteiger partial charge on any atom is 0.333 e. The van der Waals surface area contributed by atoms with Crippen LogP contribution in [0.3, 0.4) is 0 Å². The van der Waals surface area contributed by atoms with Crippen molar-refractivity contribution in [2.45, 2.75) is 12.6 Å². The fourth-order valence-electron chi connectivity index (χ4n) is 0.829. The molecule has 6 nitrogen and oxygen atoms in total. The van der Waals surface area contributed by atoms with Crippen molar-refractivity contribution in [1.29, 1.82) is 0 Å². The molecule has 0 saturated carbocycles. The molecule has 6 heteroatoms. The van der Waals surface area contributed by atoms with Crippen molar-refractivity contribution in [3.05, 3.63) is 0 Å². The van der Waals surface area contributed by atoms with Crippen molar-refractivity contribution >= 4 is 11.9 Å². The van der Waals surface area contributed by atoms with Crippen LogP contribution in [0.1, 0.15) is 6.92 Å². The van der Waals surface area contributed by atoms with E-state index in [-0.39, 0.29) is 6.03 Å². The van der Waals surface area contributed by atoms with Crippen molar-refractivity contribution in [3.8, 4) is 0 Å². The predicted molar refractivity (Wildman–Crippen MR) is 37.0 cm³/mol. The van der Waals surface area contributed by atoms with E-state index in [0.29, 0.717) is 0 Å². The topological polar surface area (TPSA) is 87.5 Å². The first-order valence-electron chi connectivity index (χ1n) is 3.09. The van der Waals surface area contributed by atoms with E-state index in [1.165, 1.54) is 19.0 Å². The Morgan fingerprint density at radius 3 is 2.45 bits per heavy atom. The molecule has 0 radical (unpaired) electrons. The van der Waals surface area contributed by atoms with Crippen LogP contribution in [0.5, 0.6) is 0 Å². The molecule has 0 aliphatic carbocycles. The van der Waals surface area contributed by atoms with Gasteiger partial charge in [-0.2, -0.15) is 5.43 Å². The Hall–Kier alpha value is -1.30. The number of nitrogens with one attached hydrogen (secondary N) is 2. The number of urea groups is 1. The zero-order valence-corrected chi connectivity index (χ0v) is 6.34. The molecule has 1 heterocycles. The Bertz CT molecular complexity index is 215. The Balaban J connectivity index is 2.79. The van der Waals surface area contributed by atoms with Gasteiger partial charge >= 0.3 is 6.03 Å². The number of carbonyl (C=O) groups excluding carboxylic acids is 2. The molecule has 0 spiro atoms. The molecule has 11 heavy (non-hydrogen) atoms. The molecule has 1 atom stereocenters. The minimum absolute atomic E-state index is 0.369. The summed E-state index contributed by atoms with van der Waals surface area (Å²) in [7, 11) is 1.50. The maximum absolute atomic E-state index is 10.8. The van der Waals surface area contributed by atoms with E-state index < -0.39 is 11.6 Å². The third-order valence-electron chi connectivity index (χ3n) is 1.55. The van der Waals surface area contributed by atoms with Crippen LogP contribution in [0.2, 0.25) is 0 Å². The lowest BCUT2D eigenvalue weighted by Gasteiger charge is -2.18. The lowest BCUT2D eigenvalue weighted by atomic mass is 10.2. The first-order valence-corrected chi connectivity index (χ1v) is 3.09. The molecule has 0 aromatic rings. The number of hydrogen-bond donors (Lipinski definition) is 3. The Morgan fingerprint density at radius 2 is 2.27 bits per heavy atom. The van der Waals surface area contributed by atoms with Crippen LogP contribution in [0.4, 0.5) is 4.79 Å². The molecule has 0 aromatic heterocycles. The predicted octanol–water partition coefficient (Wildman–Crippen LogP) is -1.65. The highest BCUT2D eigenvalue weighted by molar-refractivity contribution is 5.91. The van der Waals surface area contributed by atoms with Crippen molar-refractivity contribution in [2.24, 2.45) is 5.73 Å². The SMILES string of the molecule is CN1NC(C)(C(N)=O)NC1=O. The average Bonchev–Trinajstić information content (AvgIpc) is 2.09.